The van der Waals surface area contributed by atoms with Gasteiger partial charge in [-0.25, -0.2) is 0 Å². The number of carbonyl (C=O) groups is 2. The Balaban J connectivity index is 2.61. The Morgan fingerprint density at radius 1 is 0.470 bits per heavy atom. The summed E-state index contributed by atoms with van der Waals surface area (Å²) in [4.78, 5) is 26.7. The molecule has 0 aromatic heterocycles. The predicted octanol–water partition coefficient (Wildman–Crippen LogP) is 18.0. The number of nitrogens with one attached hydrogen (secondary N) is 1. The lowest BCUT2D eigenvalue weighted by Crippen LogP contribution is -2.61. The van der Waals surface area contributed by atoms with E-state index in [1.165, 1.54) is 199 Å². The van der Waals surface area contributed by atoms with Crippen LogP contribution in [0.2, 0.25) is 0 Å². The summed E-state index contributed by atoms with van der Waals surface area (Å²) in [6, 6.07) is -1.03. The first-order chi connectivity index (χ1) is 40.7. The van der Waals surface area contributed by atoms with Crippen LogP contribution in [0.15, 0.2) is 48.6 Å². The summed E-state index contributed by atoms with van der Waals surface area (Å²) in [6.45, 7) is 5.81. The van der Waals surface area contributed by atoms with E-state index in [4.69, 9.17) is 14.2 Å². The number of aliphatic hydroxyl groups is 5. The van der Waals surface area contributed by atoms with Crippen molar-refractivity contribution in [2.24, 2.45) is 0 Å². The van der Waals surface area contributed by atoms with Gasteiger partial charge in [0.1, 0.15) is 24.4 Å². The molecule has 0 aliphatic carbocycles. The van der Waals surface area contributed by atoms with Crippen molar-refractivity contribution in [1.29, 1.82) is 0 Å². The summed E-state index contributed by atoms with van der Waals surface area (Å²) in [7, 11) is 0. The van der Waals surface area contributed by atoms with Gasteiger partial charge in [0.05, 0.1) is 25.4 Å². The van der Waals surface area contributed by atoms with Crippen LogP contribution in [0.4, 0.5) is 0 Å². The third-order valence-electron chi connectivity index (χ3n) is 16.7. The third-order valence-corrected chi connectivity index (χ3v) is 16.7. The second-order valence-electron chi connectivity index (χ2n) is 24.6. The highest BCUT2D eigenvalue weighted by atomic mass is 16.7. The zero-order valence-electron chi connectivity index (χ0n) is 54.1. The summed E-state index contributed by atoms with van der Waals surface area (Å²) in [5, 5.41) is 57.2. The van der Waals surface area contributed by atoms with Gasteiger partial charge in [0.2, 0.25) is 5.91 Å². The van der Waals surface area contributed by atoms with E-state index in [2.05, 4.69) is 62.5 Å². The van der Waals surface area contributed by atoms with Crippen molar-refractivity contribution in [2.75, 3.05) is 13.2 Å². The van der Waals surface area contributed by atoms with Gasteiger partial charge in [0.25, 0.3) is 0 Å². The van der Waals surface area contributed by atoms with Crippen molar-refractivity contribution in [3.8, 4) is 0 Å². The van der Waals surface area contributed by atoms with E-state index in [1.807, 2.05) is 6.08 Å². The van der Waals surface area contributed by atoms with Crippen LogP contribution in [0.3, 0.4) is 0 Å². The molecule has 11 nitrogen and oxygen atoms in total. The van der Waals surface area contributed by atoms with Crippen molar-refractivity contribution >= 4 is 11.9 Å². The molecule has 0 aromatic carbocycles. The lowest BCUT2D eigenvalue weighted by atomic mass is 9.99. The molecule has 0 bridgehead atoms. The molecule has 1 amide bonds. The van der Waals surface area contributed by atoms with Crippen LogP contribution in [-0.4, -0.2) is 99.6 Å². The van der Waals surface area contributed by atoms with E-state index >= 15 is 0 Å². The minimum Gasteiger partial charge on any atom is -0.454 e. The van der Waals surface area contributed by atoms with Gasteiger partial charge in [-0.05, 0) is 64.2 Å². The molecule has 1 heterocycles. The molecular formula is C72H133NO10. The van der Waals surface area contributed by atoms with Crippen LogP contribution >= 0.6 is 0 Å². The molecule has 0 aromatic rings. The van der Waals surface area contributed by atoms with Crippen molar-refractivity contribution in [1.82, 2.24) is 5.32 Å². The van der Waals surface area contributed by atoms with Gasteiger partial charge in [-0.2, -0.15) is 0 Å². The summed E-state index contributed by atoms with van der Waals surface area (Å²) in [5.41, 5.74) is 0. The molecule has 0 radical (unpaired) electrons. The van der Waals surface area contributed by atoms with Gasteiger partial charge in [0.15, 0.2) is 12.4 Å². The van der Waals surface area contributed by atoms with Crippen LogP contribution in [0.25, 0.3) is 0 Å². The van der Waals surface area contributed by atoms with Crippen LogP contribution in [-0.2, 0) is 23.8 Å². The lowest BCUT2D eigenvalue weighted by Gasteiger charge is -2.41. The van der Waals surface area contributed by atoms with Crippen LogP contribution in [0.5, 0.6) is 0 Å². The molecule has 11 heteroatoms. The van der Waals surface area contributed by atoms with Crippen molar-refractivity contribution in [3.63, 3.8) is 0 Å². The van der Waals surface area contributed by atoms with E-state index < -0.39 is 67.4 Å². The minimum absolute atomic E-state index is 0.110. The number of hydrogen-bond acceptors (Lipinski definition) is 10. The molecule has 1 aliphatic heterocycles. The quantitative estimate of drug-likeness (QED) is 0.0195. The number of ether oxygens (including phenoxy) is 3. The fourth-order valence-corrected chi connectivity index (χ4v) is 11.1. The van der Waals surface area contributed by atoms with E-state index in [-0.39, 0.29) is 13.0 Å². The summed E-state index contributed by atoms with van der Waals surface area (Å²) < 4.78 is 17.7. The Morgan fingerprint density at radius 3 is 1.27 bits per heavy atom. The molecule has 1 saturated heterocycles. The highest BCUT2D eigenvalue weighted by Gasteiger charge is 2.47. The fraction of sp³-hybridized carbons (Fsp3) is 0.861. The van der Waals surface area contributed by atoms with E-state index in [9.17, 15) is 35.1 Å². The zero-order valence-corrected chi connectivity index (χ0v) is 54.1. The maximum absolute atomic E-state index is 13.5. The highest BCUT2D eigenvalue weighted by Crippen LogP contribution is 2.26. The van der Waals surface area contributed by atoms with Crippen molar-refractivity contribution < 1.29 is 49.3 Å². The second kappa shape index (κ2) is 59.9. The summed E-state index contributed by atoms with van der Waals surface area (Å²) in [6.07, 6.45) is 64.3. The SMILES string of the molecule is CCCCC/C=C\C/C=C\C/C=C\CCCCCCCCC(=O)OC1C(OCC(NC(=O)C(O)CCCCCCCCCCCCCCCCCCCCCCCC)C(O)/C=C/CCCCCCCCCCCCC)OC(CO)C(O)C1O. The minimum atomic E-state index is -1.62. The summed E-state index contributed by atoms with van der Waals surface area (Å²) >= 11 is 0. The Kier molecular flexibility index (Phi) is 56.8. The molecule has 0 saturated carbocycles. The normalized spacial score (nSPS) is 18.8. The van der Waals surface area contributed by atoms with Gasteiger partial charge in [-0.1, -0.05) is 313 Å². The standard InChI is InChI=1S/C72H133NO10/c1-4-7-10-13-16-19-22-25-27-29-31-32-33-35-36-38-41-44-47-50-53-56-59-65(76)71(80)73-63(64(75)58-55-52-49-46-43-40-24-21-18-15-12-9-6-3)62-81-72-70(69(79)68(78)66(61-74)82-72)83-67(77)60-57-54-51-48-45-42-39-37-34-30-28-26-23-20-17-14-11-8-5-2/h17,20,26,28,34,37,55,58,63-66,68-70,72,74-76,78-79H,4-16,18-19,21-25,27,29-33,35-36,38-54,56-57,59-62H2,1-3H3,(H,73,80)/b20-17-,28-26-,37-34-,58-55+. The largest absolute Gasteiger partial charge is 0.454 e. The molecular weight excluding hydrogens is 1040 g/mol. The van der Waals surface area contributed by atoms with E-state index in [1.54, 1.807) is 6.08 Å². The first kappa shape index (κ1) is 78.6. The first-order valence-electron chi connectivity index (χ1n) is 35.4. The Labute approximate surface area is 510 Å². The number of amides is 1. The molecule has 486 valence electrons. The lowest BCUT2D eigenvalue weighted by molar-refractivity contribution is -0.305. The number of rotatable bonds is 61. The van der Waals surface area contributed by atoms with Gasteiger partial charge in [0, 0.05) is 6.42 Å². The molecule has 8 unspecified atom stereocenters. The molecule has 0 spiro atoms. The highest BCUT2D eigenvalue weighted by molar-refractivity contribution is 5.80. The maximum Gasteiger partial charge on any atom is 0.306 e. The van der Waals surface area contributed by atoms with E-state index in [0.29, 0.717) is 19.3 Å². The maximum atomic E-state index is 13.5. The Bertz CT molecular complexity index is 1540. The van der Waals surface area contributed by atoms with Gasteiger partial charge in [-0.15, -0.1) is 0 Å². The third kappa shape index (κ3) is 47.4. The molecule has 1 aliphatic rings. The van der Waals surface area contributed by atoms with Crippen molar-refractivity contribution in [2.45, 2.75) is 384 Å². The monoisotopic (exact) mass is 1170 g/mol. The average molecular weight is 1170 g/mol. The fourth-order valence-electron chi connectivity index (χ4n) is 11.1. The van der Waals surface area contributed by atoms with Gasteiger partial charge < -0.3 is 45.1 Å². The molecule has 83 heavy (non-hydrogen) atoms. The molecule has 1 fully saturated rings. The van der Waals surface area contributed by atoms with Crippen LogP contribution < -0.4 is 5.32 Å². The number of aliphatic hydroxyl groups excluding tert-OH is 5. The van der Waals surface area contributed by atoms with Crippen LogP contribution in [0, 0.1) is 0 Å². The number of esters is 1. The second-order valence-corrected chi connectivity index (χ2v) is 24.6. The molecule has 8 atom stereocenters. The molecule has 6 N–H and O–H groups in total. The smallest absolute Gasteiger partial charge is 0.306 e. The number of allylic oxidation sites excluding steroid dienone is 7. The topological polar surface area (TPSA) is 175 Å². The first-order valence-corrected chi connectivity index (χ1v) is 35.4. The van der Waals surface area contributed by atoms with E-state index in [0.717, 1.165) is 89.9 Å². The average Bonchev–Trinajstić information content (AvgIpc) is 3.58. The van der Waals surface area contributed by atoms with Gasteiger partial charge in [-0.3, -0.25) is 9.59 Å². The number of unbranched alkanes of at least 4 members (excludes halogenated alkanes) is 41. The summed E-state index contributed by atoms with van der Waals surface area (Å²) in [5.74, 6) is -1.19. The predicted molar refractivity (Wildman–Crippen MR) is 347 cm³/mol. The molecule has 1 rings (SSSR count). The van der Waals surface area contributed by atoms with Gasteiger partial charge >= 0.3 is 5.97 Å². The number of hydrogen-bond donors (Lipinski definition) is 6. The zero-order chi connectivity index (χ0) is 60.3. The Hall–Kier alpha value is -2.38. The van der Waals surface area contributed by atoms with Crippen LogP contribution in [0.1, 0.15) is 335 Å². The number of carbonyl (C=O) groups excluding carboxylic acids is 2. The Morgan fingerprint density at radius 2 is 0.831 bits per heavy atom. The van der Waals surface area contributed by atoms with Crippen molar-refractivity contribution in [3.05, 3.63) is 48.6 Å².